The second-order valence-corrected chi connectivity index (χ2v) is 11.6. The second kappa shape index (κ2) is 12.0. The summed E-state index contributed by atoms with van der Waals surface area (Å²) < 4.78 is 89.9. The molecule has 0 aromatic heterocycles. The molecule has 5 N–H and O–H groups in total. The van der Waals surface area contributed by atoms with Crippen molar-refractivity contribution in [1.29, 1.82) is 0 Å². The first-order valence-electron chi connectivity index (χ1n) is 14.3. The number of carbonyl (C=O) groups excluding carboxylic acids is 3. The molecule has 48 heavy (non-hydrogen) atoms. The maximum atomic E-state index is 15.0. The molecule has 1 fully saturated rings. The molecule has 2 aliphatic rings. The van der Waals surface area contributed by atoms with Crippen LogP contribution in [-0.4, -0.2) is 51.2 Å². The minimum atomic E-state index is -6.14. The lowest BCUT2D eigenvalue weighted by Crippen LogP contribution is -2.54. The van der Waals surface area contributed by atoms with Gasteiger partial charge in [-0.3, -0.25) is 19.2 Å². The lowest BCUT2D eigenvalue weighted by molar-refractivity contribution is -0.288. The van der Waals surface area contributed by atoms with Crippen LogP contribution in [-0.2, 0) is 15.0 Å². The van der Waals surface area contributed by atoms with Gasteiger partial charge in [0.2, 0.25) is 11.3 Å². The fraction of sp³-hybridized carbons (Fsp3) is 0.273. The number of carbonyl (C=O) groups is 4. The number of fused-ring (bicyclic) bond motifs is 2. The van der Waals surface area contributed by atoms with Gasteiger partial charge in [0, 0.05) is 11.1 Å². The number of alkyl halides is 6. The van der Waals surface area contributed by atoms with Crippen LogP contribution < -0.4 is 10.6 Å². The van der Waals surface area contributed by atoms with Gasteiger partial charge in [-0.05, 0) is 72.7 Å². The van der Waals surface area contributed by atoms with Crippen LogP contribution >= 0.6 is 0 Å². The number of allylic oxidation sites excluding steroid dienone is 2. The average Bonchev–Trinajstić information content (AvgIpc) is 3.61. The summed E-state index contributed by atoms with van der Waals surface area (Å²) in [5.41, 5.74) is -9.55. The van der Waals surface area contributed by atoms with E-state index in [4.69, 9.17) is 0 Å². The molecule has 0 heterocycles. The summed E-state index contributed by atoms with van der Waals surface area (Å²) in [5.74, 6) is -8.98. The molecular formula is C33H26F6N2O7. The number of anilines is 2. The molecule has 2 amide bonds. The molecule has 4 atom stereocenters. The van der Waals surface area contributed by atoms with Crippen molar-refractivity contribution in [3.05, 3.63) is 95.1 Å². The second-order valence-electron chi connectivity index (χ2n) is 11.6. The minimum Gasteiger partial charge on any atom is -0.506 e. The van der Waals surface area contributed by atoms with Crippen molar-refractivity contribution in [3.63, 3.8) is 0 Å². The van der Waals surface area contributed by atoms with Gasteiger partial charge >= 0.3 is 18.3 Å². The number of hydrogen-bond acceptors (Lipinski definition) is 6. The highest BCUT2D eigenvalue weighted by Crippen LogP contribution is 2.57. The molecule has 2 bridgehead atoms. The van der Waals surface area contributed by atoms with Gasteiger partial charge < -0.3 is 26.0 Å². The number of aliphatic carboxylic acids is 1. The molecule has 9 nitrogen and oxygen atoms in total. The molecule has 0 aliphatic heterocycles. The molecule has 3 aromatic rings. The summed E-state index contributed by atoms with van der Waals surface area (Å²) in [4.78, 5) is 49.7. The Hall–Kier alpha value is -5.34. The van der Waals surface area contributed by atoms with Crippen molar-refractivity contribution in [2.75, 3.05) is 10.6 Å². The summed E-state index contributed by atoms with van der Waals surface area (Å²) in [6.45, 7) is 1.21. The largest absolute Gasteiger partial charge is 0.506 e. The first-order valence-corrected chi connectivity index (χ1v) is 14.3. The van der Waals surface area contributed by atoms with Gasteiger partial charge in [-0.2, -0.15) is 26.3 Å². The van der Waals surface area contributed by atoms with E-state index >= 15 is 0 Å². The van der Waals surface area contributed by atoms with Crippen LogP contribution in [0.4, 0.5) is 37.7 Å². The summed E-state index contributed by atoms with van der Waals surface area (Å²) >= 11 is 0. The zero-order chi connectivity index (χ0) is 35.3. The normalized spacial score (nSPS) is 20.4. The summed E-state index contributed by atoms with van der Waals surface area (Å²) in [6, 6.07) is 7.47. The molecule has 4 unspecified atom stereocenters. The van der Waals surface area contributed by atoms with Crippen molar-refractivity contribution >= 4 is 34.9 Å². The highest BCUT2D eigenvalue weighted by molar-refractivity contribution is 6.07. The van der Waals surface area contributed by atoms with E-state index in [0.29, 0.717) is 42.8 Å². The first-order chi connectivity index (χ1) is 22.4. The first kappa shape index (κ1) is 34.0. The van der Waals surface area contributed by atoms with Gasteiger partial charge in [0.05, 0.1) is 23.2 Å². The number of aromatic hydroxyl groups is 2. The number of benzene rings is 3. The van der Waals surface area contributed by atoms with Gasteiger partial charge in [0.15, 0.2) is 5.78 Å². The van der Waals surface area contributed by atoms with Crippen molar-refractivity contribution in [1.82, 2.24) is 0 Å². The zero-order valence-corrected chi connectivity index (χ0v) is 24.7. The van der Waals surface area contributed by atoms with Gasteiger partial charge in [-0.1, -0.05) is 36.4 Å². The number of nitrogens with one attached hydrogen (secondary N) is 2. The topological polar surface area (TPSA) is 153 Å². The third-order valence-electron chi connectivity index (χ3n) is 8.79. The predicted molar refractivity (Wildman–Crippen MR) is 157 cm³/mol. The van der Waals surface area contributed by atoms with E-state index < -0.39 is 99.0 Å². The van der Waals surface area contributed by atoms with E-state index in [1.165, 1.54) is 25.1 Å². The highest BCUT2D eigenvalue weighted by atomic mass is 19.4. The Labute approximate surface area is 267 Å². The molecule has 2 aliphatic carbocycles. The van der Waals surface area contributed by atoms with Crippen LogP contribution in [0.3, 0.4) is 0 Å². The Bertz CT molecular complexity index is 1840. The van der Waals surface area contributed by atoms with Crippen molar-refractivity contribution in [2.24, 2.45) is 23.7 Å². The number of ketones is 1. The third-order valence-corrected chi connectivity index (χ3v) is 8.79. The number of carboxylic acids is 1. The van der Waals surface area contributed by atoms with Crippen molar-refractivity contribution in [3.8, 4) is 11.5 Å². The molecule has 0 radical (unpaired) electrons. The third kappa shape index (κ3) is 5.73. The number of carboxylic acid groups (broad SMARTS) is 1. The summed E-state index contributed by atoms with van der Waals surface area (Å²) in [7, 11) is 0. The summed E-state index contributed by atoms with van der Waals surface area (Å²) in [5, 5.41) is 34.6. The Kier molecular flexibility index (Phi) is 8.52. The van der Waals surface area contributed by atoms with E-state index in [0.717, 1.165) is 6.07 Å². The van der Waals surface area contributed by atoms with Crippen LogP contribution in [0.5, 0.6) is 11.5 Å². The smallest absolute Gasteiger partial charge is 0.411 e. The fourth-order valence-electron chi connectivity index (χ4n) is 6.53. The number of amides is 2. The van der Waals surface area contributed by atoms with Gasteiger partial charge in [-0.25, -0.2) is 0 Å². The lowest BCUT2D eigenvalue weighted by atomic mass is 9.72. The van der Waals surface area contributed by atoms with E-state index in [1.54, 1.807) is 12.2 Å². The van der Waals surface area contributed by atoms with Crippen LogP contribution in [0.1, 0.15) is 45.2 Å². The van der Waals surface area contributed by atoms with E-state index in [2.05, 4.69) is 10.6 Å². The Balaban J connectivity index is 1.58. The van der Waals surface area contributed by atoms with Gasteiger partial charge in [0.25, 0.3) is 5.91 Å². The lowest BCUT2D eigenvalue weighted by Gasteiger charge is -2.38. The number of halogens is 6. The highest BCUT2D eigenvalue weighted by Gasteiger charge is 2.72. The van der Waals surface area contributed by atoms with Gasteiger partial charge in [0.1, 0.15) is 11.5 Å². The Morgan fingerprint density at radius 1 is 0.708 bits per heavy atom. The van der Waals surface area contributed by atoms with Crippen LogP contribution in [0.2, 0.25) is 0 Å². The Morgan fingerprint density at radius 3 is 1.71 bits per heavy atom. The van der Waals surface area contributed by atoms with E-state index in [1.807, 2.05) is 0 Å². The molecule has 3 aromatic carbocycles. The molecule has 0 saturated heterocycles. The van der Waals surface area contributed by atoms with Crippen LogP contribution in [0.15, 0.2) is 72.8 Å². The number of phenolic OH excluding ortho intramolecular Hbond substituents is 2. The number of phenols is 2. The molecular weight excluding hydrogens is 650 g/mol. The fourth-order valence-corrected chi connectivity index (χ4v) is 6.53. The SMILES string of the molecule is CC(=O)c1cccc(C(=O)Nc2cc(C(c3ccc(O)c(NC(=O)C4C5C=CC(C5)C4C(=O)O)c3)(C(F)(F)F)C(F)(F)F)ccc2O)c1. The number of rotatable bonds is 8. The Morgan fingerprint density at radius 2 is 1.21 bits per heavy atom. The molecule has 5 rings (SSSR count). The summed E-state index contributed by atoms with van der Waals surface area (Å²) in [6.07, 6.45) is -8.72. The quantitative estimate of drug-likeness (QED) is 0.0799. The monoisotopic (exact) mass is 676 g/mol. The standard InChI is InChI=1S/C33H26F6N2O7/c1-15(42)16-3-2-4-19(11-16)28(45)40-22-13-20(7-9-24(22)43)31(32(34,35)36,33(37,38)39)21-8-10-25(44)23(14-21)41-29(46)26-17-5-6-18(12-17)27(26)30(47)48/h2-11,13-14,17-18,26-27,43-44H,12H2,1H3,(H,40,45)(H,41,46)(H,47,48). The zero-order valence-electron chi connectivity index (χ0n) is 24.7. The maximum absolute atomic E-state index is 15.0. The van der Waals surface area contributed by atoms with E-state index in [9.17, 15) is 60.8 Å². The number of Topliss-reactive ketones (excluding diaryl/α,β-unsaturated/α-hetero) is 1. The minimum absolute atomic E-state index is 0.0967. The van der Waals surface area contributed by atoms with Crippen LogP contribution in [0.25, 0.3) is 0 Å². The molecule has 0 spiro atoms. The number of hydrogen-bond donors (Lipinski definition) is 5. The molecule has 252 valence electrons. The van der Waals surface area contributed by atoms with Crippen LogP contribution in [0, 0.1) is 23.7 Å². The van der Waals surface area contributed by atoms with Crippen molar-refractivity contribution in [2.45, 2.75) is 31.1 Å². The maximum Gasteiger partial charge on any atom is 0.411 e. The van der Waals surface area contributed by atoms with E-state index in [-0.39, 0.29) is 11.1 Å². The average molecular weight is 677 g/mol. The predicted octanol–water partition coefficient (Wildman–Crippen LogP) is 6.42. The van der Waals surface area contributed by atoms with Gasteiger partial charge in [-0.15, -0.1) is 0 Å². The van der Waals surface area contributed by atoms with Crippen molar-refractivity contribution < 1.29 is 60.8 Å². The molecule has 15 heteroatoms. The molecule has 1 saturated carbocycles.